The van der Waals surface area contributed by atoms with Crippen LogP contribution in [0.4, 0.5) is 0 Å². The molecule has 0 radical (unpaired) electrons. The quantitative estimate of drug-likeness (QED) is 0.667. The van der Waals surface area contributed by atoms with Crippen molar-refractivity contribution in [2.24, 2.45) is 7.05 Å². The molecule has 1 unspecified atom stereocenters. The number of hydrogen-bond donors (Lipinski definition) is 0. The Morgan fingerprint density at radius 2 is 1.87 bits per heavy atom. The highest BCUT2D eigenvalue weighted by molar-refractivity contribution is 5.77. The summed E-state index contributed by atoms with van der Waals surface area (Å²) >= 11 is 0. The summed E-state index contributed by atoms with van der Waals surface area (Å²) in [4.78, 5) is 36.5. The molecule has 156 valence electrons. The molecule has 0 N–H and O–H groups in total. The summed E-state index contributed by atoms with van der Waals surface area (Å²) in [7, 11) is 1.73. The van der Waals surface area contributed by atoms with E-state index in [1.807, 2.05) is 35.0 Å². The van der Waals surface area contributed by atoms with E-state index in [1.54, 1.807) is 13.2 Å². The van der Waals surface area contributed by atoms with E-state index >= 15 is 0 Å². The summed E-state index contributed by atoms with van der Waals surface area (Å²) in [6, 6.07) is 8.03. The first-order chi connectivity index (χ1) is 14.6. The zero-order valence-corrected chi connectivity index (χ0v) is 17.3. The Kier molecular flexibility index (Phi) is 4.98. The average molecular weight is 406 g/mol. The van der Waals surface area contributed by atoms with Gasteiger partial charge in [-0.3, -0.25) is 14.3 Å². The average Bonchev–Trinajstić information content (AvgIpc) is 3.43. The summed E-state index contributed by atoms with van der Waals surface area (Å²) in [6.45, 7) is 1.64. The van der Waals surface area contributed by atoms with Gasteiger partial charge < -0.3 is 4.57 Å². The molecule has 0 amide bonds. The van der Waals surface area contributed by atoms with Crippen LogP contribution in [0.2, 0.25) is 0 Å². The van der Waals surface area contributed by atoms with Crippen LogP contribution in [0.15, 0.2) is 46.2 Å². The molecule has 2 aromatic heterocycles. The zero-order valence-electron chi connectivity index (χ0n) is 17.3. The number of para-hydroxylation sites is 1. The van der Waals surface area contributed by atoms with E-state index in [4.69, 9.17) is 4.98 Å². The minimum absolute atomic E-state index is 0.0955. The van der Waals surface area contributed by atoms with Gasteiger partial charge in [0.25, 0.3) is 5.56 Å². The number of aromatic nitrogens is 4. The number of aryl methyl sites for hydroxylation is 1. The topological polar surface area (TPSA) is 73.0 Å². The molecule has 0 spiro atoms. The van der Waals surface area contributed by atoms with E-state index in [0.29, 0.717) is 11.9 Å². The van der Waals surface area contributed by atoms with Crippen LogP contribution in [-0.2, 0) is 13.6 Å². The van der Waals surface area contributed by atoms with Crippen LogP contribution in [0.25, 0.3) is 10.9 Å². The molecule has 30 heavy (non-hydrogen) atoms. The molecule has 1 aliphatic heterocycles. The fraction of sp³-hybridized carbons (Fsp3) is 0.478. The van der Waals surface area contributed by atoms with Gasteiger partial charge in [0.2, 0.25) is 0 Å². The molecule has 1 saturated heterocycles. The lowest BCUT2D eigenvalue weighted by Gasteiger charge is -2.28. The molecule has 1 saturated carbocycles. The van der Waals surface area contributed by atoms with E-state index in [-0.39, 0.29) is 23.3 Å². The van der Waals surface area contributed by atoms with E-state index in [0.717, 1.165) is 49.1 Å². The van der Waals surface area contributed by atoms with Crippen molar-refractivity contribution < 1.29 is 0 Å². The monoisotopic (exact) mass is 405 g/mol. The van der Waals surface area contributed by atoms with Gasteiger partial charge in [0, 0.05) is 37.6 Å². The lowest BCUT2D eigenvalue weighted by molar-refractivity contribution is 0.228. The Labute approximate surface area is 175 Å². The Morgan fingerprint density at radius 3 is 2.67 bits per heavy atom. The lowest BCUT2D eigenvalue weighted by Crippen LogP contribution is -2.34. The van der Waals surface area contributed by atoms with Crippen molar-refractivity contribution in [2.75, 3.05) is 6.54 Å². The first-order valence-corrected chi connectivity index (χ1v) is 10.9. The maximum atomic E-state index is 13.5. The van der Waals surface area contributed by atoms with Gasteiger partial charge in [-0.2, -0.15) is 0 Å². The molecule has 0 bridgehead atoms. The maximum absolute atomic E-state index is 13.5. The van der Waals surface area contributed by atoms with Gasteiger partial charge in [-0.15, -0.1) is 0 Å². The number of benzene rings is 1. The minimum Gasteiger partial charge on any atom is -0.302 e. The van der Waals surface area contributed by atoms with Crippen LogP contribution < -0.4 is 11.2 Å². The van der Waals surface area contributed by atoms with Gasteiger partial charge in [-0.25, -0.2) is 14.8 Å². The number of hydrogen-bond acceptors (Lipinski definition) is 5. The predicted octanol–water partition coefficient (Wildman–Crippen LogP) is 2.94. The normalized spacial score (nSPS) is 20.4. The van der Waals surface area contributed by atoms with E-state index < -0.39 is 0 Å². The second kappa shape index (κ2) is 7.80. The van der Waals surface area contributed by atoms with Gasteiger partial charge in [-0.1, -0.05) is 25.0 Å². The molecular formula is C23H27N5O2. The van der Waals surface area contributed by atoms with Gasteiger partial charge in [0.1, 0.15) is 5.82 Å². The molecule has 1 aliphatic carbocycles. The van der Waals surface area contributed by atoms with Crippen LogP contribution in [0.5, 0.6) is 0 Å². The standard InChI is InChI=1S/C23H27N5O2/c1-26-14-16(13-24-23(26)30)15-27-12-6-11-20(27)21-25-19-10-5-4-9-18(19)22(29)28(21)17-7-2-3-8-17/h4-5,9-10,13-14,17,20H,2-3,6-8,11-12,15H2,1H3. The summed E-state index contributed by atoms with van der Waals surface area (Å²) in [5, 5.41) is 0.708. The van der Waals surface area contributed by atoms with E-state index in [9.17, 15) is 9.59 Å². The molecule has 3 aromatic rings. The molecular weight excluding hydrogens is 378 g/mol. The molecule has 1 aromatic carbocycles. The summed E-state index contributed by atoms with van der Waals surface area (Å²) < 4.78 is 3.53. The van der Waals surface area contributed by atoms with Crippen molar-refractivity contribution in [1.29, 1.82) is 0 Å². The van der Waals surface area contributed by atoms with Crippen LogP contribution in [0, 0.1) is 0 Å². The maximum Gasteiger partial charge on any atom is 0.347 e. The Hall–Kier alpha value is -2.80. The van der Waals surface area contributed by atoms with E-state index in [2.05, 4.69) is 9.88 Å². The Bertz CT molecular complexity index is 1190. The first kappa shape index (κ1) is 19.2. The number of fused-ring (bicyclic) bond motifs is 1. The summed E-state index contributed by atoms with van der Waals surface area (Å²) in [5.74, 6) is 0.904. The highest BCUT2D eigenvalue weighted by atomic mass is 16.1. The number of nitrogens with zero attached hydrogens (tertiary/aromatic N) is 5. The molecule has 7 heteroatoms. The Balaban J connectivity index is 1.58. The fourth-order valence-electron chi connectivity index (χ4n) is 5.10. The number of rotatable bonds is 4. The SMILES string of the molecule is Cn1cc(CN2CCCC2c2nc3ccccc3c(=O)n2C2CCCC2)cnc1=O. The highest BCUT2D eigenvalue weighted by Crippen LogP contribution is 2.36. The zero-order chi connectivity index (χ0) is 20.7. The van der Waals surface area contributed by atoms with Crippen molar-refractivity contribution in [3.05, 3.63) is 68.9 Å². The molecule has 3 heterocycles. The van der Waals surface area contributed by atoms with Crippen LogP contribution >= 0.6 is 0 Å². The Morgan fingerprint density at radius 1 is 1.07 bits per heavy atom. The third-order valence-electron chi connectivity index (χ3n) is 6.57. The molecule has 2 fully saturated rings. The fourth-order valence-corrected chi connectivity index (χ4v) is 5.10. The summed E-state index contributed by atoms with van der Waals surface area (Å²) in [6.07, 6.45) is 9.99. The molecule has 2 aliphatic rings. The largest absolute Gasteiger partial charge is 0.347 e. The van der Waals surface area contributed by atoms with Crippen LogP contribution in [0.3, 0.4) is 0 Å². The number of likely N-dealkylation sites (tertiary alicyclic amines) is 1. The van der Waals surface area contributed by atoms with Gasteiger partial charge >= 0.3 is 5.69 Å². The smallest absolute Gasteiger partial charge is 0.302 e. The van der Waals surface area contributed by atoms with Crippen molar-refractivity contribution in [3.63, 3.8) is 0 Å². The third-order valence-corrected chi connectivity index (χ3v) is 6.57. The third kappa shape index (κ3) is 3.37. The second-order valence-electron chi connectivity index (χ2n) is 8.58. The molecule has 1 atom stereocenters. The highest BCUT2D eigenvalue weighted by Gasteiger charge is 2.33. The van der Waals surface area contributed by atoms with Crippen LogP contribution in [-0.4, -0.2) is 30.5 Å². The first-order valence-electron chi connectivity index (χ1n) is 10.9. The van der Waals surface area contributed by atoms with E-state index in [1.165, 1.54) is 17.4 Å². The van der Waals surface area contributed by atoms with Crippen molar-refractivity contribution >= 4 is 10.9 Å². The lowest BCUT2D eigenvalue weighted by atomic mass is 10.1. The van der Waals surface area contributed by atoms with Crippen molar-refractivity contribution in [1.82, 2.24) is 24.0 Å². The van der Waals surface area contributed by atoms with Gasteiger partial charge in [0.15, 0.2) is 0 Å². The van der Waals surface area contributed by atoms with Gasteiger partial charge in [0.05, 0.1) is 16.9 Å². The second-order valence-corrected chi connectivity index (χ2v) is 8.58. The predicted molar refractivity (Wildman–Crippen MR) is 115 cm³/mol. The van der Waals surface area contributed by atoms with Gasteiger partial charge in [-0.05, 0) is 44.4 Å². The molecule has 5 rings (SSSR count). The van der Waals surface area contributed by atoms with Crippen molar-refractivity contribution in [2.45, 2.75) is 57.2 Å². The summed E-state index contributed by atoms with van der Waals surface area (Å²) in [5.41, 5.74) is 1.63. The molecule has 7 nitrogen and oxygen atoms in total. The minimum atomic E-state index is -0.247. The van der Waals surface area contributed by atoms with Crippen LogP contribution in [0.1, 0.15) is 62.0 Å². The van der Waals surface area contributed by atoms with Crippen molar-refractivity contribution in [3.8, 4) is 0 Å².